The predicted molar refractivity (Wildman–Crippen MR) is 114 cm³/mol. The quantitative estimate of drug-likeness (QED) is 0.571. The first kappa shape index (κ1) is 19.4. The van der Waals surface area contributed by atoms with Crippen LogP contribution in [0.5, 0.6) is 11.6 Å². The van der Waals surface area contributed by atoms with Crippen LogP contribution in [0.4, 0.5) is 10.7 Å². The van der Waals surface area contributed by atoms with Gasteiger partial charge in [0.2, 0.25) is 5.88 Å². The largest absolute Gasteiger partial charge is 0.437 e. The average molecular weight is 410 g/mol. The number of carbonyl (C=O) groups excluding carboxylic acids is 1. The van der Waals surface area contributed by atoms with Crippen LogP contribution in [0.1, 0.15) is 28.6 Å². The first-order valence-electron chi connectivity index (χ1n) is 9.70. The number of hydrogen-bond acceptors (Lipinski definition) is 6. The summed E-state index contributed by atoms with van der Waals surface area (Å²) in [4.78, 5) is 19.7. The van der Waals surface area contributed by atoms with Crippen LogP contribution in [-0.2, 0) is 11.3 Å². The first-order valence-corrected chi connectivity index (χ1v) is 10.5. The van der Waals surface area contributed by atoms with Crippen LogP contribution >= 0.6 is 11.3 Å². The molecule has 1 amide bonds. The molecule has 0 aliphatic carbocycles. The van der Waals surface area contributed by atoms with Crippen LogP contribution in [0.15, 0.2) is 54.7 Å². The predicted octanol–water partition coefficient (Wildman–Crippen LogP) is 4.74. The van der Waals surface area contributed by atoms with Gasteiger partial charge in [0, 0.05) is 31.5 Å². The molecule has 0 spiro atoms. The highest BCUT2D eigenvalue weighted by Crippen LogP contribution is 2.42. The molecule has 1 aliphatic heterocycles. The number of aromatic nitrogens is 1. The molecule has 6 nitrogen and oxygen atoms in total. The van der Waals surface area contributed by atoms with Gasteiger partial charge in [0.15, 0.2) is 0 Å². The minimum absolute atomic E-state index is 0.0596. The third kappa shape index (κ3) is 4.41. The normalized spacial score (nSPS) is 12.5. The molecule has 0 radical (unpaired) electrons. The van der Waals surface area contributed by atoms with Gasteiger partial charge in [0.25, 0.3) is 5.91 Å². The summed E-state index contributed by atoms with van der Waals surface area (Å²) in [5.41, 5.74) is 1.95. The molecule has 1 aliphatic rings. The second kappa shape index (κ2) is 9.07. The number of pyridine rings is 1. The van der Waals surface area contributed by atoms with Gasteiger partial charge in [-0.1, -0.05) is 18.2 Å². The van der Waals surface area contributed by atoms with Crippen LogP contribution < -0.4 is 15.0 Å². The van der Waals surface area contributed by atoms with Crippen molar-refractivity contribution in [1.82, 2.24) is 10.3 Å². The molecule has 1 N–H and O–H groups in total. The summed E-state index contributed by atoms with van der Waals surface area (Å²) >= 11 is 1.46. The standard InChI is InChI=1S/C22H23N3O3S/c1-2-27-14-6-13-23-21(26)19-10-11-20(29-19)25-15-16-7-3-4-9-18(16)28-22-17(25)8-5-12-24-22/h3-5,7-12H,2,6,13-15H2,1H3,(H,23,26). The van der Waals surface area contributed by atoms with Crippen LogP contribution in [-0.4, -0.2) is 30.6 Å². The van der Waals surface area contributed by atoms with E-state index in [0.717, 1.165) is 28.4 Å². The van der Waals surface area contributed by atoms with Crippen molar-refractivity contribution in [3.05, 3.63) is 65.2 Å². The Hall–Kier alpha value is -2.90. The molecule has 3 heterocycles. The lowest BCUT2D eigenvalue weighted by Gasteiger charge is -2.21. The molecule has 3 aromatic rings. The van der Waals surface area contributed by atoms with Crippen molar-refractivity contribution in [2.24, 2.45) is 0 Å². The van der Waals surface area contributed by atoms with Crippen molar-refractivity contribution >= 4 is 27.9 Å². The number of ether oxygens (including phenoxy) is 2. The van der Waals surface area contributed by atoms with E-state index in [4.69, 9.17) is 9.47 Å². The lowest BCUT2D eigenvalue weighted by molar-refractivity contribution is 0.0948. The van der Waals surface area contributed by atoms with E-state index in [2.05, 4.69) is 15.2 Å². The van der Waals surface area contributed by atoms with E-state index >= 15 is 0 Å². The van der Waals surface area contributed by atoms with Crippen LogP contribution in [0, 0.1) is 0 Å². The smallest absolute Gasteiger partial charge is 0.261 e. The Morgan fingerprint density at radius 2 is 2.14 bits per heavy atom. The molecular formula is C22H23N3O3S. The molecule has 0 atom stereocenters. The van der Waals surface area contributed by atoms with E-state index in [1.807, 2.05) is 55.5 Å². The molecule has 0 bridgehead atoms. The molecule has 0 unspecified atom stereocenters. The van der Waals surface area contributed by atoms with Crippen molar-refractivity contribution in [1.29, 1.82) is 0 Å². The highest BCUT2D eigenvalue weighted by atomic mass is 32.1. The Balaban J connectivity index is 1.54. The van der Waals surface area contributed by atoms with E-state index < -0.39 is 0 Å². The van der Waals surface area contributed by atoms with Gasteiger partial charge < -0.3 is 19.7 Å². The SMILES string of the molecule is CCOCCCNC(=O)c1ccc(N2Cc3ccccc3Oc3ncccc32)s1. The summed E-state index contributed by atoms with van der Waals surface area (Å²) in [5, 5.41) is 3.93. The molecule has 7 heteroatoms. The number of benzene rings is 1. The fraction of sp³-hybridized carbons (Fsp3) is 0.273. The molecule has 1 aromatic carbocycles. The Morgan fingerprint density at radius 3 is 3.03 bits per heavy atom. The summed E-state index contributed by atoms with van der Waals surface area (Å²) in [6, 6.07) is 15.7. The van der Waals surface area contributed by atoms with E-state index in [1.54, 1.807) is 6.20 Å². The molecular weight excluding hydrogens is 386 g/mol. The van der Waals surface area contributed by atoms with Crippen molar-refractivity contribution < 1.29 is 14.3 Å². The Morgan fingerprint density at radius 1 is 1.24 bits per heavy atom. The third-order valence-electron chi connectivity index (χ3n) is 4.59. The minimum Gasteiger partial charge on any atom is -0.437 e. The molecule has 4 rings (SSSR count). The van der Waals surface area contributed by atoms with Crippen molar-refractivity contribution in [3.8, 4) is 11.6 Å². The third-order valence-corrected chi connectivity index (χ3v) is 5.69. The molecule has 0 saturated heterocycles. The fourth-order valence-electron chi connectivity index (χ4n) is 3.16. The fourth-order valence-corrected chi connectivity index (χ4v) is 4.09. The number of anilines is 2. The monoisotopic (exact) mass is 409 g/mol. The molecule has 0 saturated carbocycles. The zero-order valence-electron chi connectivity index (χ0n) is 16.3. The maximum atomic E-state index is 12.5. The number of hydrogen-bond donors (Lipinski definition) is 1. The first-order chi connectivity index (χ1) is 14.3. The second-order valence-electron chi connectivity index (χ2n) is 6.57. The molecule has 150 valence electrons. The topological polar surface area (TPSA) is 63.7 Å². The van der Waals surface area contributed by atoms with Crippen molar-refractivity contribution in [2.45, 2.75) is 19.9 Å². The van der Waals surface area contributed by atoms with Gasteiger partial charge >= 0.3 is 0 Å². The van der Waals surface area contributed by atoms with Crippen molar-refractivity contribution in [3.63, 3.8) is 0 Å². The van der Waals surface area contributed by atoms with Gasteiger partial charge in [-0.25, -0.2) is 4.98 Å². The Bertz CT molecular complexity index is 989. The number of nitrogens with zero attached hydrogens (tertiary/aromatic N) is 2. The van der Waals surface area contributed by atoms with Gasteiger partial charge in [0.05, 0.1) is 16.4 Å². The maximum absolute atomic E-state index is 12.5. The number of thiophene rings is 1. The summed E-state index contributed by atoms with van der Waals surface area (Å²) in [7, 11) is 0. The van der Waals surface area contributed by atoms with E-state index in [1.165, 1.54) is 11.3 Å². The zero-order valence-corrected chi connectivity index (χ0v) is 17.1. The van der Waals surface area contributed by atoms with Gasteiger partial charge in [-0.2, -0.15) is 0 Å². The molecule has 29 heavy (non-hydrogen) atoms. The van der Waals surface area contributed by atoms with E-state index in [9.17, 15) is 4.79 Å². The number of carbonyl (C=O) groups is 1. The number of fused-ring (bicyclic) bond motifs is 2. The second-order valence-corrected chi connectivity index (χ2v) is 7.63. The van der Waals surface area contributed by atoms with Crippen LogP contribution in [0.25, 0.3) is 0 Å². The Kier molecular flexibility index (Phi) is 6.07. The number of amides is 1. The number of rotatable bonds is 7. The minimum atomic E-state index is -0.0596. The van der Waals surface area contributed by atoms with Gasteiger partial charge in [0.1, 0.15) is 11.4 Å². The summed E-state index contributed by atoms with van der Waals surface area (Å²) in [6.45, 7) is 4.56. The molecule has 2 aromatic heterocycles. The van der Waals surface area contributed by atoms with Crippen LogP contribution in [0.2, 0.25) is 0 Å². The van der Waals surface area contributed by atoms with Gasteiger partial charge in [-0.3, -0.25) is 4.79 Å². The summed E-state index contributed by atoms with van der Waals surface area (Å²) < 4.78 is 11.4. The van der Waals surface area contributed by atoms with Crippen molar-refractivity contribution in [2.75, 3.05) is 24.7 Å². The highest BCUT2D eigenvalue weighted by molar-refractivity contribution is 7.18. The van der Waals surface area contributed by atoms with E-state index in [0.29, 0.717) is 37.1 Å². The lowest BCUT2D eigenvalue weighted by atomic mass is 10.2. The average Bonchev–Trinajstić information content (AvgIpc) is 3.17. The number of nitrogens with one attached hydrogen (secondary N) is 1. The maximum Gasteiger partial charge on any atom is 0.261 e. The van der Waals surface area contributed by atoms with Gasteiger partial charge in [-0.15, -0.1) is 11.3 Å². The summed E-state index contributed by atoms with van der Waals surface area (Å²) in [6.07, 6.45) is 2.53. The lowest BCUT2D eigenvalue weighted by Crippen LogP contribution is -2.24. The highest BCUT2D eigenvalue weighted by Gasteiger charge is 2.24. The number of para-hydroxylation sites is 1. The van der Waals surface area contributed by atoms with Gasteiger partial charge in [-0.05, 0) is 43.7 Å². The van der Waals surface area contributed by atoms with E-state index in [-0.39, 0.29) is 5.91 Å². The van der Waals surface area contributed by atoms with Crippen LogP contribution in [0.3, 0.4) is 0 Å². The molecule has 0 fully saturated rings. The zero-order chi connectivity index (χ0) is 20.1. The summed E-state index contributed by atoms with van der Waals surface area (Å²) in [5.74, 6) is 1.31. The Labute approximate surface area is 174 Å².